The van der Waals surface area contributed by atoms with Gasteiger partial charge in [-0.15, -0.1) is 0 Å². The number of benzene rings is 1. The Hall–Kier alpha value is -0.770. The summed E-state index contributed by atoms with van der Waals surface area (Å²) < 4.78 is 0. The number of nitrogens with zero attached hydrogens (tertiary/aromatic N) is 1. The number of rotatable bonds is 4. The second kappa shape index (κ2) is 6.60. The highest BCUT2D eigenvalue weighted by Crippen LogP contribution is 2.27. The summed E-state index contributed by atoms with van der Waals surface area (Å²) in [6.45, 7) is 1.66. The fourth-order valence-corrected chi connectivity index (χ4v) is 3.08. The Kier molecular flexibility index (Phi) is 5.08. The average molecular weight is 302 g/mol. The lowest BCUT2D eigenvalue weighted by Gasteiger charge is -2.32. The average Bonchev–Trinajstić information content (AvgIpc) is 2.39. The minimum Gasteiger partial charge on any atom is -0.480 e. The molecule has 1 aliphatic rings. The molecule has 1 aromatic rings. The molecular weight excluding hydrogens is 285 g/mol. The second-order valence-electron chi connectivity index (χ2n) is 4.86. The Balaban J connectivity index is 2.18. The molecule has 0 radical (unpaired) electrons. The van der Waals surface area contributed by atoms with E-state index in [1.54, 1.807) is 18.2 Å². The molecule has 104 valence electrons. The SMILES string of the molecule is O=C(O)C(Cc1c(Cl)cccc1Cl)N1CCCCC1. The van der Waals surface area contributed by atoms with E-state index in [1.807, 2.05) is 4.90 Å². The zero-order chi connectivity index (χ0) is 13.8. The summed E-state index contributed by atoms with van der Waals surface area (Å²) >= 11 is 12.2. The second-order valence-corrected chi connectivity index (χ2v) is 5.67. The normalized spacial score (nSPS) is 18.2. The van der Waals surface area contributed by atoms with Crippen molar-refractivity contribution in [2.24, 2.45) is 0 Å². The Bertz CT molecular complexity index is 439. The minimum absolute atomic E-state index is 0.355. The summed E-state index contributed by atoms with van der Waals surface area (Å²) in [4.78, 5) is 13.5. The van der Waals surface area contributed by atoms with Crippen molar-refractivity contribution >= 4 is 29.2 Å². The third-order valence-electron chi connectivity index (χ3n) is 3.58. The number of aliphatic carboxylic acids is 1. The van der Waals surface area contributed by atoms with Crippen LogP contribution >= 0.6 is 23.2 Å². The quantitative estimate of drug-likeness (QED) is 0.925. The van der Waals surface area contributed by atoms with Gasteiger partial charge in [0.1, 0.15) is 6.04 Å². The lowest BCUT2D eigenvalue weighted by atomic mass is 10.0. The van der Waals surface area contributed by atoms with E-state index >= 15 is 0 Å². The van der Waals surface area contributed by atoms with Gasteiger partial charge in [-0.25, -0.2) is 0 Å². The molecular formula is C14H17Cl2NO2. The van der Waals surface area contributed by atoms with Crippen molar-refractivity contribution in [1.82, 2.24) is 4.90 Å². The molecule has 0 aliphatic carbocycles. The smallest absolute Gasteiger partial charge is 0.321 e. The molecule has 19 heavy (non-hydrogen) atoms. The predicted molar refractivity (Wildman–Crippen MR) is 77.0 cm³/mol. The van der Waals surface area contributed by atoms with Crippen molar-refractivity contribution in [3.63, 3.8) is 0 Å². The van der Waals surface area contributed by atoms with Gasteiger partial charge in [-0.2, -0.15) is 0 Å². The maximum absolute atomic E-state index is 11.5. The van der Waals surface area contributed by atoms with E-state index in [0.29, 0.717) is 16.5 Å². The van der Waals surface area contributed by atoms with Gasteiger partial charge < -0.3 is 5.11 Å². The van der Waals surface area contributed by atoms with Crippen LogP contribution in [0.5, 0.6) is 0 Å². The molecule has 3 nitrogen and oxygen atoms in total. The van der Waals surface area contributed by atoms with Crippen molar-refractivity contribution < 1.29 is 9.90 Å². The number of likely N-dealkylation sites (tertiary alicyclic amines) is 1. The van der Waals surface area contributed by atoms with Gasteiger partial charge in [0.2, 0.25) is 0 Å². The number of halogens is 2. The van der Waals surface area contributed by atoms with Crippen LogP contribution in [-0.2, 0) is 11.2 Å². The number of carboxylic acid groups (broad SMARTS) is 1. The molecule has 0 amide bonds. The monoisotopic (exact) mass is 301 g/mol. The predicted octanol–water partition coefficient (Wildman–Crippen LogP) is 3.48. The number of hydrogen-bond acceptors (Lipinski definition) is 2. The zero-order valence-electron chi connectivity index (χ0n) is 10.6. The number of hydrogen-bond donors (Lipinski definition) is 1. The van der Waals surface area contributed by atoms with Crippen LogP contribution in [-0.4, -0.2) is 35.1 Å². The highest BCUT2D eigenvalue weighted by molar-refractivity contribution is 6.36. The van der Waals surface area contributed by atoms with Crippen molar-refractivity contribution in [3.8, 4) is 0 Å². The molecule has 0 aromatic heterocycles. The Labute approximate surface area is 123 Å². The minimum atomic E-state index is -0.808. The molecule has 1 fully saturated rings. The third kappa shape index (κ3) is 3.62. The van der Waals surface area contributed by atoms with E-state index in [1.165, 1.54) is 6.42 Å². The van der Waals surface area contributed by atoms with Crippen LogP contribution in [0.4, 0.5) is 0 Å². The Morgan fingerprint density at radius 1 is 1.21 bits per heavy atom. The van der Waals surface area contributed by atoms with Gasteiger partial charge in [-0.1, -0.05) is 35.7 Å². The molecule has 1 saturated heterocycles. The van der Waals surface area contributed by atoms with Crippen molar-refractivity contribution in [1.29, 1.82) is 0 Å². The van der Waals surface area contributed by atoms with Crippen LogP contribution in [0.15, 0.2) is 18.2 Å². The van der Waals surface area contributed by atoms with Gasteiger partial charge in [0, 0.05) is 16.5 Å². The molecule has 1 N–H and O–H groups in total. The van der Waals surface area contributed by atoms with Crippen LogP contribution in [0.3, 0.4) is 0 Å². The summed E-state index contributed by atoms with van der Waals surface area (Å²) in [6.07, 6.45) is 3.64. The third-order valence-corrected chi connectivity index (χ3v) is 4.28. The van der Waals surface area contributed by atoms with Crippen molar-refractivity contribution in [2.45, 2.75) is 31.7 Å². The maximum atomic E-state index is 11.5. The lowest BCUT2D eigenvalue weighted by Crippen LogP contribution is -2.45. The van der Waals surface area contributed by atoms with Gasteiger partial charge >= 0.3 is 5.97 Å². The van der Waals surface area contributed by atoms with E-state index < -0.39 is 12.0 Å². The van der Waals surface area contributed by atoms with Gasteiger partial charge in [0.25, 0.3) is 0 Å². The summed E-state index contributed by atoms with van der Waals surface area (Å²) in [5.74, 6) is -0.808. The molecule has 1 aromatic carbocycles. The molecule has 1 heterocycles. The van der Waals surface area contributed by atoms with Crippen LogP contribution in [0.25, 0.3) is 0 Å². The lowest BCUT2D eigenvalue weighted by molar-refractivity contribution is -0.143. The van der Waals surface area contributed by atoms with Crippen LogP contribution < -0.4 is 0 Å². The number of carbonyl (C=O) groups is 1. The van der Waals surface area contributed by atoms with E-state index in [2.05, 4.69) is 0 Å². The first-order valence-corrected chi connectivity index (χ1v) is 7.25. The highest BCUT2D eigenvalue weighted by atomic mass is 35.5. The van der Waals surface area contributed by atoms with Crippen LogP contribution in [0.1, 0.15) is 24.8 Å². The molecule has 5 heteroatoms. The highest BCUT2D eigenvalue weighted by Gasteiger charge is 2.28. The van der Waals surface area contributed by atoms with Gasteiger partial charge in [-0.3, -0.25) is 9.69 Å². The van der Waals surface area contributed by atoms with Gasteiger partial charge in [-0.05, 0) is 43.6 Å². The van der Waals surface area contributed by atoms with Crippen molar-refractivity contribution in [3.05, 3.63) is 33.8 Å². The Morgan fingerprint density at radius 3 is 2.32 bits per heavy atom. The summed E-state index contributed by atoms with van der Waals surface area (Å²) in [7, 11) is 0. The van der Waals surface area contributed by atoms with Crippen molar-refractivity contribution in [2.75, 3.05) is 13.1 Å². The maximum Gasteiger partial charge on any atom is 0.321 e. The molecule has 1 aliphatic heterocycles. The summed E-state index contributed by atoms with van der Waals surface area (Å²) in [5, 5.41) is 10.5. The summed E-state index contributed by atoms with van der Waals surface area (Å²) in [5.41, 5.74) is 0.726. The van der Waals surface area contributed by atoms with Crippen LogP contribution in [0, 0.1) is 0 Å². The fraction of sp³-hybridized carbons (Fsp3) is 0.500. The van der Waals surface area contributed by atoms with Crippen LogP contribution in [0.2, 0.25) is 10.0 Å². The molecule has 0 bridgehead atoms. The molecule has 2 rings (SSSR count). The van der Waals surface area contributed by atoms with Gasteiger partial charge in [0.15, 0.2) is 0 Å². The van der Waals surface area contributed by atoms with E-state index in [9.17, 15) is 9.90 Å². The Morgan fingerprint density at radius 2 is 1.79 bits per heavy atom. The first-order chi connectivity index (χ1) is 9.09. The van der Waals surface area contributed by atoms with Gasteiger partial charge in [0.05, 0.1) is 0 Å². The zero-order valence-corrected chi connectivity index (χ0v) is 12.1. The molecule has 1 unspecified atom stereocenters. The topological polar surface area (TPSA) is 40.5 Å². The first-order valence-electron chi connectivity index (χ1n) is 6.49. The molecule has 0 spiro atoms. The number of carboxylic acids is 1. The largest absolute Gasteiger partial charge is 0.480 e. The first kappa shape index (κ1) is 14.6. The molecule has 1 atom stereocenters. The fourth-order valence-electron chi connectivity index (χ4n) is 2.52. The van der Waals surface area contributed by atoms with E-state index in [-0.39, 0.29) is 0 Å². The molecule has 0 saturated carbocycles. The standard InChI is InChI=1S/C14H17Cl2NO2/c15-11-5-4-6-12(16)10(11)9-13(14(18)19)17-7-2-1-3-8-17/h4-6,13H,1-3,7-9H2,(H,18,19). The van der Waals surface area contributed by atoms with E-state index in [4.69, 9.17) is 23.2 Å². The summed E-state index contributed by atoms with van der Waals surface area (Å²) in [6, 6.07) is 4.72. The van der Waals surface area contributed by atoms with E-state index in [0.717, 1.165) is 31.5 Å². The number of piperidine rings is 1.